The fraction of sp³-hybridized carbons (Fsp3) is 0.500. The summed E-state index contributed by atoms with van der Waals surface area (Å²) in [6, 6.07) is 4.94. The lowest BCUT2D eigenvalue weighted by Gasteiger charge is -2.29. The molecule has 2 rings (SSSR count). The number of rotatable bonds is 3. The van der Waals surface area contributed by atoms with Crippen LogP contribution in [-0.2, 0) is 10.3 Å². The lowest BCUT2D eigenvalue weighted by molar-refractivity contribution is -0.385. The van der Waals surface area contributed by atoms with E-state index in [-0.39, 0.29) is 16.8 Å². The molecule has 114 valence electrons. The van der Waals surface area contributed by atoms with Gasteiger partial charge in [-0.25, -0.2) is 10.3 Å². The van der Waals surface area contributed by atoms with Crippen molar-refractivity contribution in [2.45, 2.75) is 32.6 Å². The second kappa shape index (κ2) is 5.59. The SMILES string of the molecule is CC(C)(C)c1cccc(NOC(=O)N2CCC2)c1[N+](=O)[O-]. The van der Waals surface area contributed by atoms with Crippen LogP contribution in [0.3, 0.4) is 0 Å². The molecule has 0 spiro atoms. The van der Waals surface area contributed by atoms with Crippen LogP contribution in [0.15, 0.2) is 18.2 Å². The summed E-state index contributed by atoms with van der Waals surface area (Å²) in [5.41, 5.74) is 2.73. The third-order valence-electron chi connectivity index (χ3n) is 3.39. The van der Waals surface area contributed by atoms with E-state index in [1.165, 1.54) is 11.0 Å². The number of hydrogen-bond donors (Lipinski definition) is 1. The lowest BCUT2D eigenvalue weighted by atomic mass is 9.85. The van der Waals surface area contributed by atoms with Crippen molar-refractivity contribution in [1.29, 1.82) is 0 Å². The van der Waals surface area contributed by atoms with E-state index < -0.39 is 11.0 Å². The first-order valence-electron chi connectivity index (χ1n) is 6.80. The second-order valence-electron chi connectivity index (χ2n) is 6.02. The summed E-state index contributed by atoms with van der Waals surface area (Å²) in [6.45, 7) is 7.00. The molecule has 1 aliphatic rings. The number of carbonyl (C=O) groups is 1. The van der Waals surface area contributed by atoms with Gasteiger partial charge < -0.3 is 9.74 Å². The van der Waals surface area contributed by atoms with E-state index in [1.807, 2.05) is 20.8 Å². The number of nitrogens with one attached hydrogen (secondary N) is 1. The number of nitro benzene ring substituents is 1. The summed E-state index contributed by atoms with van der Waals surface area (Å²) in [4.78, 5) is 29.0. The lowest BCUT2D eigenvalue weighted by Crippen LogP contribution is -2.43. The summed E-state index contributed by atoms with van der Waals surface area (Å²) < 4.78 is 0. The molecule has 1 heterocycles. The predicted molar refractivity (Wildman–Crippen MR) is 78.1 cm³/mol. The molecule has 1 aliphatic heterocycles. The van der Waals surface area contributed by atoms with Gasteiger partial charge in [-0.2, -0.15) is 0 Å². The number of hydrogen-bond acceptors (Lipinski definition) is 5. The number of amides is 1. The molecule has 0 atom stereocenters. The molecule has 7 nitrogen and oxygen atoms in total. The van der Waals surface area contributed by atoms with Crippen LogP contribution in [0, 0.1) is 10.1 Å². The molecule has 1 aromatic rings. The van der Waals surface area contributed by atoms with Crippen molar-refractivity contribution >= 4 is 17.5 Å². The number of nitro groups is 1. The van der Waals surface area contributed by atoms with Crippen molar-refractivity contribution < 1.29 is 14.6 Å². The highest BCUT2D eigenvalue weighted by Gasteiger charge is 2.29. The van der Waals surface area contributed by atoms with Gasteiger partial charge in [-0.15, -0.1) is 0 Å². The van der Waals surface area contributed by atoms with Crippen molar-refractivity contribution in [1.82, 2.24) is 4.90 Å². The zero-order valence-electron chi connectivity index (χ0n) is 12.4. The monoisotopic (exact) mass is 293 g/mol. The van der Waals surface area contributed by atoms with Crippen LogP contribution in [-0.4, -0.2) is 29.0 Å². The maximum atomic E-state index is 11.6. The molecule has 1 aromatic carbocycles. The maximum Gasteiger partial charge on any atom is 0.434 e. The normalized spacial score (nSPS) is 14.3. The number of para-hydroxylation sites is 1. The Morgan fingerprint density at radius 1 is 1.38 bits per heavy atom. The van der Waals surface area contributed by atoms with Crippen LogP contribution in [0.25, 0.3) is 0 Å². The van der Waals surface area contributed by atoms with E-state index in [0.717, 1.165) is 6.42 Å². The standard InChI is InChI=1S/C14H19N3O4/c1-14(2,3)10-6-4-7-11(12(10)17(19)20)15-21-13(18)16-8-5-9-16/h4,6-7,15H,5,8-9H2,1-3H3. The highest BCUT2D eigenvalue weighted by molar-refractivity contribution is 5.72. The highest BCUT2D eigenvalue weighted by Crippen LogP contribution is 2.36. The Bertz CT molecular complexity index is 562. The molecule has 0 unspecified atom stereocenters. The second-order valence-corrected chi connectivity index (χ2v) is 6.02. The van der Waals surface area contributed by atoms with E-state index in [9.17, 15) is 14.9 Å². The van der Waals surface area contributed by atoms with Gasteiger partial charge in [0.25, 0.3) is 5.69 Å². The van der Waals surface area contributed by atoms with Gasteiger partial charge in [-0.3, -0.25) is 10.1 Å². The van der Waals surface area contributed by atoms with Crippen molar-refractivity contribution in [2.75, 3.05) is 18.6 Å². The Kier molecular flexibility index (Phi) is 4.02. The average molecular weight is 293 g/mol. The third kappa shape index (κ3) is 3.24. The highest BCUT2D eigenvalue weighted by atomic mass is 16.7. The molecule has 1 saturated heterocycles. The molecule has 0 radical (unpaired) electrons. The molecule has 0 bridgehead atoms. The van der Waals surface area contributed by atoms with Gasteiger partial charge in [-0.1, -0.05) is 32.9 Å². The van der Waals surface area contributed by atoms with Gasteiger partial charge in [-0.05, 0) is 17.9 Å². The number of carbonyl (C=O) groups excluding carboxylic acids is 1. The molecule has 1 N–H and O–H groups in total. The summed E-state index contributed by atoms with van der Waals surface area (Å²) >= 11 is 0. The minimum atomic E-state index is -0.517. The zero-order chi connectivity index (χ0) is 15.6. The third-order valence-corrected chi connectivity index (χ3v) is 3.39. The topological polar surface area (TPSA) is 84.7 Å². The Morgan fingerprint density at radius 3 is 2.52 bits per heavy atom. The number of anilines is 1. The van der Waals surface area contributed by atoms with Gasteiger partial charge in [0.15, 0.2) is 0 Å². The Balaban J connectivity index is 2.22. The molecular formula is C14H19N3O4. The Morgan fingerprint density at radius 2 is 2.05 bits per heavy atom. The van der Waals surface area contributed by atoms with Crippen molar-refractivity contribution in [3.63, 3.8) is 0 Å². The molecule has 7 heteroatoms. The van der Waals surface area contributed by atoms with E-state index in [0.29, 0.717) is 18.7 Å². The van der Waals surface area contributed by atoms with Gasteiger partial charge >= 0.3 is 6.09 Å². The first-order chi connectivity index (χ1) is 9.80. The first kappa shape index (κ1) is 15.1. The van der Waals surface area contributed by atoms with E-state index in [4.69, 9.17) is 4.84 Å². The van der Waals surface area contributed by atoms with Crippen LogP contribution in [0.2, 0.25) is 0 Å². The van der Waals surface area contributed by atoms with Crippen molar-refractivity contribution in [3.05, 3.63) is 33.9 Å². The summed E-state index contributed by atoms with van der Waals surface area (Å²) in [5.74, 6) is 0. The maximum absolute atomic E-state index is 11.6. The van der Waals surface area contributed by atoms with Crippen LogP contribution in [0.1, 0.15) is 32.8 Å². The van der Waals surface area contributed by atoms with Crippen molar-refractivity contribution in [3.8, 4) is 0 Å². The van der Waals surface area contributed by atoms with Gasteiger partial charge in [0.2, 0.25) is 0 Å². The molecule has 0 aromatic heterocycles. The van der Waals surface area contributed by atoms with Crippen molar-refractivity contribution in [2.24, 2.45) is 0 Å². The molecular weight excluding hydrogens is 274 g/mol. The number of likely N-dealkylation sites (tertiary alicyclic amines) is 1. The van der Waals surface area contributed by atoms with E-state index in [1.54, 1.807) is 12.1 Å². The van der Waals surface area contributed by atoms with Gasteiger partial charge in [0, 0.05) is 18.7 Å². The summed E-state index contributed by atoms with van der Waals surface area (Å²) in [6.07, 6.45) is 0.436. The minimum Gasteiger partial charge on any atom is -0.324 e. The number of benzene rings is 1. The zero-order valence-corrected chi connectivity index (χ0v) is 12.4. The predicted octanol–water partition coefficient (Wildman–Crippen LogP) is 3.06. The number of nitrogens with zero attached hydrogens (tertiary/aromatic N) is 2. The Hall–Kier alpha value is -2.31. The largest absolute Gasteiger partial charge is 0.434 e. The van der Waals surface area contributed by atoms with Gasteiger partial charge in [0.1, 0.15) is 5.69 Å². The fourth-order valence-electron chi connectivity index (χ4n) is 2.09. The molecule has 1 fully saturated rings. The molecule has 0 aliphatic carbocycles. The smallest absolute Gasteiger partial charge is 0.324 e. The Labute approximate surface area is 123 Å². The molecule has 21 heavy (non-hydrogen) atoms. The molecule has 0 saturated carbocycles. The quantitative estimate of drug-likeness (QED) is 0.684. The fourth-order valence-corrected chi connectivity index (χ4v) is 2.09. The van der Waals surface area contributed by atoms with E-state index in [2.05, 4.69) is 5.48 Å². The van der Waals surface area contributed by atoms with E-state index >= 15 is 0 Å². The summed E-state index contributed by atoms with van der Waals surface area (Å²) in [5, 5.41) is 11.3. The first-order valence-corrected chi connectivity index (χ1v) is 6.80. The van der Waals surface area contributed by atoms with Gasteiger partial charge in [0.05, 0.1) is 4.92 Å². The minimum absolute atomic E-state index is 0.0681. The van der Waals surface area contributed by atoms with Crippen LogP contribution in [0.5, 0.6) is 0 Å². The van der Waals surface area contributed by atoms with Crippen LogP contribution < -0.4 is 5.48 Å². The molecule has 1 amide bonds. The van der Waals surface area contributed by atoms with Crippen LogP contribution in [0.4, 0.5) is 16.2 Å². The summed E-state index contributed by atoms with van der Waals surface area (Å²) in [7, 11) is 0. The van der Waals surface area contributed by atoms with Crippen LogP contribution >= 0.6 is 0 Å². The average Bonchev–Trinajstić information content (AvgIpc) is 2.32.